The van der Waals surface area contributed by atoms with Crippen LogP contribution in [-0.4, -0.2) is 35.0 Å². The van der Waals surface area contributed by atoms with E-state index in [1.165, 1.54) is 13.0 Å². The Morgan fingerprint density at radius 1 is 1.28 bits per heavy atom. The van der Waals surface area contributed by atoms with Crippen molar-refractivity contribution in [2.24, 2.45) is 0 Å². The molecule has 0 radical (unpaired) electrons. The molecule has 1 amide bonds. The fourth-order valence-corrected chi connectivity index (χ4v) is 3.36. The number of amides is 1. The summed E-state index contributed by atoms with van der Waals surface area (Å²) in [5.41, 5.74) is 0.358. The Balaban J connectivity index is 1.83. The van der Waals surface area contributed by atoms with Crippen LogP contribution in [-0.2, 0) is 17.4 Å². The van der Waals surface area contributed by atoms with Crippen molar-refractivity contribution in [1.29, 1.82) is 0 Å². The highest BCUT2D eigenvalue weighted by molar-refractivity contribution is 5.73. The minimum absolute atomic E-state index is 0.0527. The summed E-state index contributed by atoms with van der Waals surface area (Å²) in [5, 5.41) is 5.81. The summed E-state index contributed by atoms with van der Waals surface area (Å²) in [6.45, 7) is 4.88. The van der Waals surface area contributed by atoms with E-state index in [2.05, 4.69) is 25.5 Å². The molecular weight excluding hydrogens is 383 g/mol. The Labute approximate surface area is 167 Å². The fraction of sp³-hybridized carbons (Fsp3) is 0.450. The highest BCUT2D eigenvalue weighted by Gasteiger charge is 2.30. The fourth-order valence-electron chi connectivity index (χ4n) is 3.36. The van der Waals surface area contributed by atoms with Gasteiger partial charge < -0.3 is 15.5 Å². The highest BCUT2D eigenvalue weighted by Crippen LogP contribution is 2.31. The minimum Gasteiger partial charge on any atom is -0.354 e. The van der Waals surface area contributed by atoms with E-state index in [1.54, 1.807) is 6.07 Å². The van der Waals surface area contributed by atoms with Gasteiger partial charge in [0.2, 0.25) is 11.9 Å². The summed E-state index contributed by atoms with van der Waals surface area (Å²) in [7, 11) is 0. The Morgan fingerprint density at radius 2 is 2.07 bits per heavy atom. The number of nitrogens with one attached hydrogen (secondary N) is 2. The maximum Gasteiger partial charge on any atom is 0.416 e. The molecule has 9 heteroatoms. The van der Waals surface area contributed by atoms with E-state index in [1.807, 2.05) is 13.0 Å². The molecule has 3 rings (SSSR count). The molecule has 156 valence electrons. The number of aromatic nitrogens is 2. The van der Waals surface area contributed by atoms with Gasteiger partial charge in [0.15, 0.2) is 0 Å². The average molecular weight is 407 g/mol. The topological polar surface area (TPSA) is 70.2 Å². The number of hydrogen-bond acceptors (Lipinski definition) is 5. The van der Waals surface area contributed by atoms with E-state index in [0.717, 1.165) is 43.6 Å². The molecule has 29 heavy (non-hydrogen) atoms. The van der Waals surface area contributed by atoms with E-state index in [4.69, 9.17) is 0 Å². The van der Waals surface area contributed by atoms with Crippen molar-refractivity contribution < 1.29 is 18.0 Å². The zero-order chi connectivity index (χ0) is 21.0. The summed E-state index contributed by atoms with van der Waals surface area (Å²) >= 11 is 0. The lowest BCUT2D eigenvalue weighted by Crippen LogP contribution is -2.35. The average Bonchev–Trinajstić information content (AvgIpc) is 3.09. The van der Waals surface area contributed by atoms with Crippen molar-refractivity contribution in [2.45, 2.75) is 45.3 Å². The number of carbonyl (C=O) groups excluding carboxylic acids is 1. The predicted octanol–water partition coefficient (Wildman–Crippen LogP) is 3.91. The first-order valence-electron chi connectivity index (χ1n) is 9.59. The van der Waals surface area contributed by atoms with Gasteiger partial charge >= 0.3 is 6.18 Å². The van der Waals surface area contributed by atoms with E-state index in [-0.39, 0.29) is 23.6 Å². The van der Waals surface area contributed by atoms with Crippen molar-refractivity contribution in [3.05, 3.63) is 41.6 Å². The maximum atomic E-state index is 13.0. The molecule has 1 aliphatic heterocycles. The van der Waals surface area contributed by atoms with Crippen LogP contribution in [0, 0.1) is 0 Å². The summed E-state index contributed by atoms with van der Waals surface area (Å²) in [6.07, 6.45) is -1.99. The number of alkyl halides is 3. The third-order valence-corrected chi connectivity index (χ3v) is 4.64. The van der Waals surface area contributed by atoms with Gasteiger partial charge in [-0.15, -0.1) is 0 Å². The quantitative estimate of drug-likeness (QED) is 0.760. The smallest absolute Gasteiger partial charge is 0.354 e. The molecular formula is C20H24F3N5O. The van der Waals surface area contributed by atoms with Crippen LogP contribution in [0.1, 0.15) is 37.9 Å². The van der Waals surface area contributed by atoms with Gasteiger partial charge in [0.25, 0.3) is 0 Å². The summed E-state index contributed by atoms with van der Waals surface area (Å²) < 4.78 is 38.9. The molecule has 0 unspecified atom stereocenters. The largest absolute Gasteiger partial charge is 0.416 e. The lowest BCUT2D eigenvalue weighted by atomic mass is 10.2. The van der Waals surface area contributed by atoms with Crippen LogP contribution in [0.25, 0.3) is 0 Å². The number of hydrogen-bond donors (Lipinski definition) is 2. The number of rotatable bonds is 6. The van der Waals surface area contributed by atoms with Crippen LogP contribution in [0.3, 0.4) is 0 Å². The lowest BCUT2D eigenvalue weighted by molar-refractivity contribution is -0.137. The van der Waals surface area contributed by atoms with Crippen molar-refractivity contribution in [3.63, 3.8) is 0 Å². The standard InChI is InChI=1S/C20H24F3N5O/c1-3-5-15-11-18(28-9-8-17(12-28)24-13(2)29)27-19(25-15)26-16-7-4-6-14(10-16)20(21,22)23/h4,6-7,10-11,17H,3,5,8-9,12H2,1-2H3,(H,24,29)(H,25,26,27)/t17-/m0/s1. The van der Waals surface area contributed by atoms with Crippen LogP contribution >= 0.6 is 0 Å². The molecule has 1 fully saturated rings. The third kappa shape index (κ3) is 5.58. The number of anilines is 3. The number of halogens is 3. The van der Waals surface area contributed by atoms with E-state index in [9.17, 15) is 18.0 Å². The monoisotopic (exact) mass is 407 g/mol. The van der Waals surface area contributed by atoms with Gasteiger partial charge in [-0.3, -0.25) is 4.79 Å². The number of carbonyl (C=O) groups is 1. The Bertz CT molecular complexity index is 871. The number of nitrogens with zero attached hydrogens (tertiary/aromatic N) is 3. The zero-order valence-corrected chi connectivity index (χ0v) is 16.4. The van der Waals surface area contributed by atoms with Crippen LogP contribution in [0.15, 0.2) is 30.3 Å². The molecule has 2 heterocycles. The minimum atomic E-state index is -4.41. The first-order chi connectivity index (χ1) is 13.7. The zero-order valence-electron chi connectivity index (χ0n) is 16.4. The SMILES string of the molecule is CCCc1cc(N2CC[C@H](NC(C)=O)C2)nc(Nc2cccc(C(F)(F)F)c2)n1. The summed E-state index contributed by atoms with van der Waals surface area (Å²) in [6, 6.07) is 6.91. The van der Waals surface area contributed by atoms with Gasteiger partial charge in [0.1, 0.15) is 5.82 Å². The Hall–Kier alpha value is -2.84. The van der Waals surface area contributed by atoms with Crippen molar-refractivity contribution in [3.8, 4) is 0 Å². The van der Waals surface area contributed by atoms with Crippen LogP contribution in [0.5, 0.6) is 0 Å². The predicted molar refractivity (Wildman–Crippen MR) is 105 cm³/mol. The Kier molecular flexibility index (Phi) is 6.24. The first-order valence-corrected chi connectivity index (χ1v) is 9.59. The molecule has 6 nitrogen and oxygen atoms in total. The van der Waals surface area contributed by atoms with Gasteiger partial charge in [-0.05, 0) is 31.0 Å². The normalized spacial score (nSPS) is 16.7. The van der Waals surface area contributed by atoms with Crippen LogP contribution in [0.2, 0.25) is 0 Å². The van der Waals surface area contributed by atoms with Crippen molar-refractivity contribution in [2.75, 3.05) is 23.3 Å². The molecule has 2 aromatic rings. The molecule has 2 N–H and O–H groups in total. The van der Waals surface area contributed by atoms with E-state index in [0.29, 0.717) is 12.4 Å². The molecule has 0 spiro atoms. The molecule has 0 bridgehead atoms. The van der Waals surface area contributed by atoms with Crippen LogP contribution in [0.4, 0.5) is 30.6 Å². The van der Waals surface area contributed by atoms with Crippen LogP contribution < -0.4 is 15.5 Å². The second-order valence-electron chi connectivity index (χ2n) is 7.13. The van der Waals surface area contributed by atoms with Crippen molar-refractivity contribution >= 4 is 23.4 Å². The van der Waals surface area contributed by atoms with Gasteiger partial charge in [-0.1, -0.05) is 19.4 Å². The second-order valence-corrected chi connectivity index (χ2v) is 7.13. The first kappa shape index (κ1) is 20.9. The van der Waals surface area contributed by atoms with Gasteiger partial charge in [0, 0.05) is 43.5 Å². The molecule has 1 aromatic heterocycles. The highest BCUT2D eigenvalue weighted by atomic mass is 19.4. The van der Waals surface area contributed by atoms with E-state index < -0.39 is 11.7 Å². The third-order valence-electron chi connectivity index (χ3n) is 4.64. The molecule has 1 atom stereocenters. The summed E-state index contributed by atoms with van der Waals surface area (Å²) in [5.74, 6) is 0.886. The summed E-state index contributed by atoms with van der Waals surface area (Å²) in [4.78, 5) is 22.3. The van der Waals surface area contributed by atoms with Gasteiger partial charge in [0.05, 0.1) is 5.56 Å². The number of benzene rings is 1. The molecule has 0 saturated carbocycles. The maximum absolute atomic E-state index is 13.0. The van der Waals surface area contributed by atoms with E-state index >= 15 is 0 Å². The molecule has 1 aliphatic rings. The second kappa shape index (κ2) is 8.67. The number of aryl methyl sites for hydroxylation is 1. The molecule has 1 aromatic carbocycles. The Morgan fingerprint density at radius 3 is 2.76 bits per heavy atom. The molecule has 0 aliphatic carbocycles. The van der Waals surface area contributed by atoms with Crippen molar-refractivity contribution in [1.82, 2.24) is 15.3 Å². The lowest BCUT2D eigenvalue weighted by Gasteiger charge is -2.19. The van der Waals surface area contributed by atoms with Gasteiger partial charge in [-0.25, -0.2) is 4.98 Å². The van der Waals surface area contributed by atoms with Gasteiger partial charge in [-0.2, -0.15) is 18.2 Å². The molecule has 1 saturated heterocycles.